The summed E-state index contributed by atoms with van der Waals surface area (Å²) < 4.78 is 7.01. The van der Waals surface area contributed by atoms with Gasteiger partial charge >= 0.3 is 0 Å². The maximum atomic E-state index is 5.94. The molecule has 0 aliphatic rings. The third-order valence-corrected chi connectivity index (χ3v) is 4.35. The molecule has 0 fully saturated rings. The summed E-state index contributed by atoms with van der Waals surface area (Å²) in [6.45, 7) is 9.43. The molecule has 2 aromatic carbocycles. The first kappa shape index (κ1) is 16.1. The Balaban J connectivity index is 2.18. The highest BCUT2D eigenvalue weighted by molar-refractivity contribution is 9.10. The van der Waals surface area contributed by atoms with Gasteiger partial charge in [-0.25, -0.2) is 0 Å². The van der Waals surface area contributed by atoms with Crippen molar-refractivity contribution >= 4 is 15.9 Å². The molecule has 0 aliphatic carbocycles. The maximum Gasteiger partial charge on any atom is 0.128 e. The number of aryl methyl sites for hydroxylation is 2. The molecule has 2 aromatic rings. The Bertz CT molecular complexity index is 625. The van der Waals surface area contributed by atoms with Gasteiger partial charge in [0.25, 0.3) is 0 Å². The molecular weight excluding hydrogens is 326 g/mol. The number of hydrogen-bond acceptors (Lipinski definition) is 2. The van der Waals surface area contributed by atoms with Crippen molar-refractivity contribution < 1.29 is 4.74 Å². The third kappa shape index (κ3) is 4.08. The van der Waals surface area contributed by atoms with Crippen molar-refractivity contribution in [3.8, 4) is 11.5 Å². The zero-order chi connectivity index (χ0) is 15.4. The molecule has 0 saturated carbocycles. The topological polar surface area (TPSA) is 21.3 Å². The van der Waals surface area contributed by atoms with Crippen molar-refractivity contribution in [2.45, 2.75) is 33.7 Å². The van der Waals surface area contributed by atoms with Crippen molar-refractivity contribution in [3.05, 3.63) is 57.6 Å². The lowest BCUT2D eigenvalue weighted by atomic mass is 10.1. The van der Waals surface area contributed by atoms with E-state index in [1.165, 1.54) is 16.7 Å². The first-order chi connectivity index (χ1) is 10.0. The summed E-state index contributed by atoms with van der Waals surface area (Å²) in [6.07, 6.45) is 0. The predicted molar refractivity (Wildman–Crippen MR) is 92.2 cm³/mol. The van der Waals surface area contributed by atoms with Crippen LogP contribution in [0.25, 0.3) is 0 Å². The monoisotopic (exact) mass is 347 g/mol. The molecule has 0 radical (unpaired) electrons. The molecule has 2 nitrogen and oxygen atoms in total. The van der Waals surface area contributed by atoms with E-state index in [-0.39, 0.29) is 0 Å². The molecule has 112 valence electrons. The summed E-state index contributed by atoms with van der Waals surface area (Å²) in [6, 6.07) is 12.6. The van der Waals surface area contributed by atoms with Crippen LogP contribution in [0.1, 0.15) is 36.6 Å². The zero-order valence-corrected chi connectivity index (χ0v) is 14.6. The van der Waals surface area contributed by atoms with Crippen LogP contribution in [0.5, 0.6) is 11.5 Å². The molecule has 0 aliphatic heterocycles. The van der Waals surface area contributed by atoms with E-state index in [0.717, 1.165) is 22.5 Å². The molecule has 1 atom stereocenters. The zero-order valence-electron chi connectivity index (χ0n) is 13.0. The summed E-state index contributed by atoms with van der Waals surface area (Å²) in [4.78, 5) is 0. The third-order valence-electron chi connectivity index (χ3n) is 3.66. The Morgan fingerprint density at radius 3 is 2.33 bits per heavy atom. The van der Waals surface area contributed by atoms with Gasteiger partial charge in [0.1, 0.15) is 11.5 Å². The molecule has 1 unspecified atom stereocenters. The van der Waals surface area contributed by atoms with Gasteiger partial charge in [-0.15, -0.1) is 0 Å². The van der Waals surface area contributed by atoms with Crippen LogP contribution in [0, 0.1) is 13.8 Å². The van der Waals surface area contributed by atoms with Crippen LogP contribution in [-0.4, -0.2) is 6.54 Å². The molecule has 0 amide bonds. The van der Waals surface area contributed by atoms with Gasteiger partial charge in [0.2, 0.25) is 0 Å². The molecule has 21 heavy (non-hydrogen) atoms. The summed E-state index contributed by atoms with van der Waals surface area (Å²) in [5.74, 6) is 1.72. The highest BCUT2D eigenvalue weighted by atomic mass is 79.9. The van der Waals surface area contributed by atoms with Crippen LogP contribution < -0.4 is 10.1 Å². The number of hydrogen-bond donors (Lipinski definition) is 1. The first-order valence-electron chi connectivity index (χ1n) is 7.29. The number of rotatable bonds is 5. The molecule has 3 heteroatoms. The first-order valence-corrected chi connectivity index (χ1v) is 8.08. The molecule has 1 N–H and O–H groups in total. The highest BCUT2D eigenvalue weighted by Crippen LogP contribution is 2.30. The second-order valence-corrected chi connectivity index (χ2v) is 6.17. The quantitative estimate of drug-likeness (QED) is 0.767. The minimum atomic E-state index is 0.319. The van der Waals surface area contributed by atoms with Crippen LogP contribution in [0.2, 0.25) is 0 Å². The fourth-order valence-electron chi connectivity index (χ4n) is 2.25. The lowest BCUT2D eigenvalue weighted by molar-refractivity contribution is 0.481. The van der Waals surface area contributed by atoms with E-state index in [1.54, 1.807) is 0 Å². The van der Waals surface area contributed by atoms with Crippen molar-refractivity contribution in [2.75, 3.05) is 6.54 Å². The number of nitrogens with one attached hydrogen (secondary N) is 1. The van der Waals surface area contributed by atoms with Crippen molar-refractivity contribution in [3.63, 3.8) is 0 Å². The molecule has 0 saturated heterocycles. The van der Waals surface area contributed by atoms with E-state index >= 15 is 0 Å². The lowest BCUT2D eigenvalue weighted by Crippen LogP contribution is -2.17. The van der Waals surface area contributed by atoms with Crippen LogP contribution in [0.4, 0.5) is 0 Å². The Morgan fingerprint density at radius 2 is 1.71 bits per heavy atom. The van der Waals surface area contributed by atoms with Crippen molar-refractivity contribution in [2.24, 2.45) is 0 Å². The summed E-state index contributed by atoms with van der Waals surface area (Å²) in [5.41, 5.74) is 3.76. The maximum absolute atomic E-state index is 5.94. The van der Waals surface area contributed by atoms with Gasteiger partial charge in [0, 0.05) is 10.5 Å². The SMILES string of the molecule is CCNC(C)c1ccc(Oc2ccc(C)c(C)c2)cc1Br. The van der Waals surface area contributed by atoms with E-state index in [9.17, 15) is 0 Å². The number of halogens is 1. The van der Waals surface area contributed by atoms with E-state index < -0.39 is 0 Å². The number of benzene rings is 2. The minimum Gasteiger partial charge on any atom is -0.457 e. The molecule has 0 spiro atoms. The van der Waals surface area contributed by atoms with Crippen LogP contribution in [0.15, 0.2) is 40.9 Å². The van der Waals surface area contributed by atoms with Gasteiger partial charge in [0.05, 0.1) is 0 Å². The Hall–Kier alpha value is -1.32. The van der Waals surface area contributed by atoms with Gasteiger partial charge in [-0.3, -0.25) is 0 Å². The van der Waals surface area contributed by atoms with Gasteiger partial charge < -0.3 is 10.1 Å². The second kappa shape index (κ2) is 7.10. The molecule has 0 aromatic heterocycles. The minimum absolute atomic E-state index is 0.319. The summed E-state index contributed by atoms with van der Waals surface area (Å²) in [7, 11) is 0. The van der Waals surface area contributed by atoms with Gasteiger partial charge in [0.15, 0.2) is 0 Å². The van der Waals surface area contributed by atoms with Gasteiger partial charge in [-0.2, -0.15) is 0 Å². The highest BCUT2D eigenvalue weighted by Gasteiger charge is 2.09. The fourth-order valence-corrected chi connectivity index (χ4v) is 2.95. The van der Waals surface area contributed by atoms with E-state index in [4.69, 9.17) is 4.74 Å². The Labute approximate surface area is 135 Å². The van der Waals surface area contributed by atoms with Gasteiger partial charge in [-0.05, 0) is 68.3 Å². The standard InChI is InChI=1S/C18H22BrNO/c1-5-20-14(4)17-9-8-16(11-18(17)19)21-15-7-6-12(2)13(3)10-15/h6-11,14,20H,5H2,1-4H3. The largest absolute Gasteiger partial charge is 0.457 e. The fraction of sp³-hybridized carbons (Fsp3) is 0.333. The van der Waals surface area contributed by atoms with Crippen molar-refractivity contribution in [1.29, 1.82) is 0 Å². The van der Waals surface area contributed by atoms with Crippen molar-refractivity contribution in [1.82, 2.24) is 5.32 Å². The Kier molecular flexibility index (Phi) is 5.43. The Morgan fingerprint density at radius 1 is 1.05 bits per heavy atom. The van der Waals surface area contributed by atoms with Crippen LogP contribution >= 0.6 is 15.9 Å². The van der Waals surface area contributed by atoms with Crippen LogP contribution in [-0.2, 0) is 0 Å². The van der Waals surface area contributed by atoms with Gasteiger partial charge in [-0.1, -0.05) is 35.0 Å². The summed E-state index contributed by atoms with van der Waals surface area (Å²) in [5, 5.41) is 3.41. The second-order valence-electron chi connectivity index (χ2n) is 5.31. The smallest absolute Gasteiger partial charge is 0.128 e. The average molecular weight is 348 g/mol. The van der Waals surface area contributed by atoms with Crippen LogP contribution in [0.3, 0.4) is 0 Å². The molecule has 2 rings (SSSR count). The van der Waals surface area contributed by atoms with E-state index in [2.05, 4.69) is 67.1 Å². The normalized spacial score (nSPS) is 12.2. The number of ether oxygens (including phenoxy) is 1. The predicted octanol–water partition coefficient (Wildman–Crippen LogP) is 5.53. The van der Waals surface area contributed by atoms with E-state index in [0.29, 0.717) is 6.04 Å². The lowest BCUT2D eigenvalue weighted by Gasteiger charge is -2.16. The molecule has 0 heterocycles. The van der Waals surface area contributed by atoms with E-state index in [1.807, 2.05) is 18.2 Å². The summed E-state index contributed by atoms with van der Waals surface area (Å²) >= 11 is 3.64. The average Bonchev–Trinajstić information content (AvgIpc) is 2.43. The molecular formula is C18H22BrNO. The molecule has 0 bridgehead atoms.